The molecule has 1 aromatic heterocycles. The van der Waals surface area contributed by atoms with Crippen LogP contribution < -0.4 is 14.4 Å². The highest BCUT2D eigenvalue weighted by Crippen LogP contribution is 2.28. The average molecular weight is 424 g/mol. The van der Waals surface area contributed by atoms with Crippen molar-refractivity contribution >= 4 is 11.7 Å². The Bertz CT molecular complexity index is 1050. The molecule has 1 N–H and O–H groups in total. The number of methoxy groups -OCH3 is 2. The number of nitrogens with zero attached hydrogens (tertiary/aromatic N) is 3. The topological polar surface area (TPSA) is 70.7 Å². The van der Waals surface area contributed by atoms with Gasteiger partial charge in [0.05, 0.1) is 19.9 Å². The molecule has 2 aromatic carbocycles. The fourth-order valence-electron chi connectivity index (χ4n) is 3.75. The minimum absolute atomic E-state index is 0.0307. The first-order valence-corrected chi connectivity index (χ1v) is 10.2. The first-order chi connectivity index (χ1) is 15.1. The molecule has 2 heterocycles. The zero-order chi connectivity index (χ0) is 21.8. The molecule has 0 radical (unpaired) electrons. The van der Waals surface area contributed by atoms with Crippen LogP contribution in [0.15, 0.2) is 48.5 Å². The van der Waals surface area contributed by atoms with Gasteiger partial charge in [0.1, 0.15) is 5.82 Å². The number of aromatic amines is 1. The van der Waals surface area contributed by atoms with Crippen LogP contribution in [-0.4, -0.2) is 61.4 Å². The summed E-state index contributed by atoms with van der Waals surface area (Å²) in [5.74, 6) is 1.65. The number of halogens is 1. The largest absolute Gasteiger partial charge is 0.493 e. The van der Waals surface area contributed by atoms with Crippen molar-refractivity contribution in [3.63, 3.8) is 0 Å². The van der Waals surface area contributed by atoms with Gasteiger partial charge in [0.15, 0.2) is 17.3 Å². The number of anilines is 1. The molecule has 1 amide bonds. The maximum atomic E-state index is 13.2. The summed E-state index contributed by atoms with van der Waals surface area (Å²) in [6.07, 6.45) is 0.831. The van der Waals surface area contributed by atoms with E-state index in [-0.39, 0.29) is 11.7 Å². The Balaban J connectivity index is 1.44. The van der Waals surface area contributed by atoms with Gasteiger partial charge < -0.3 is 19.3 Å². The zero-order valence-electron chi connectivity index (χ0n) is 17.6. The maximum absolute atomic E-state index is 13.2. The van der Waals surface area contributed by atoms with E-state index in [0.717, 1.165) is 30.0 Å². The number of benzene rings is 2. The molecule has 3 aromatic rings. The predicted octanol–water partition coefficient (Wildman–Crippen LogP) is 3.59. The van der Waals surface area contributed by atoms with Gasteiger partial charge in [0.25, 0.3) is 5.91 Å². The summed E-state index contributed by atoms with van der Waals surface area (Å²) in [4.78, 5) is 17.1. The van der Waals surface area contributed by atoms with E-state index >= 15 is 0 Å². The predicted molar refractivity (Wildman–Crippen MR) is 116 cm³/mol. The van der Waals surface area contributed by atoms with E-state index < -0.39 is 0 Å². The second kappa shape index (κ2) is 9.07. The molecule has 0 atom stereocenters. The molecular weight excluding hydrogens is 399 g/mol. The number of hydrogen-bond acceptors (Lipinski definition) is 5. The van der Waals surface area contributed by atoms with Crippen LogP contribution >= 0.6 is 0 Å². The fraction of sp³-hybridized carbons (Fsp3) is 0.304. The molecule has 0 saturated carbocycles. The Hall–Kier alpha value is -3.55. The number of nitrogens with one attached hydrogen (secondary N) is 1. The smallest absolute Gasteiger partial charge is 0.254 e. The van der Waals surface area contributed by atoms with Crippen molar-refractivity contribution in [3.8, 4) is 22.8 Å². The van der Waals surface area contributed by atoms with Crippen molar-refractivity contribution in [3.05, 3.63) is 59.9 Å². The van der Waals surface area contributed by atoms with Gasteiger partial charge in [-0.05, 0) is 54.4 Å². The summed E-state index contributed by atoms with van der Waals surface area (Å²) in [5, 5.41) is 7.45. The lowest BCUT2D eigenvalue weighted by molar-refractivity contribution is 0.0766. The zero-order valence-corrected chi connectivity index (χ0v) is 17.6. The highest BCUT2D eigenvalue weighted by atomic mass is 19.1. The molecular formula is C23H25FN4O3. The van der Waals surface area contributed by atoms with Crippen LogP contribution in [0.5, 0.6) is 11.5 Å². The Morgan fingerprint density at radius 3 is 2.48 bits per heavy atom. The van der Waals surface area contributed by atoms with E-state index in [1.165, 1.54) is 12.1 Å². The van der Waals surface area contributed by atoms with Crippen LogP contribution in [0.2, 0.25) is 0 Å². The highest BCUT2D eigenvalue weighted by Gasteiger charge is 2.22. The quantitative estimate of drug-likeness (QED) is 0.678. The van der Waals surface area contributed by atoms with Crippen molar-refractivity contribution in [1.82, 2.24) is 15.1 Å². The number of carbonyl (C=O) groups excluding carboxylic acids is 1. The molecule has 1 fully saturated rings. The number of carbonyl (C=O) groups is 1. The number of aromatic nitrogens is 2. The number of H-pyrrole nitrogens is 1. The van der Waals surface area contributed by atoms with E-state index in [0.29, 0.717) is 36.7 Å². The fourth-order valence-corrected chi connectivity index (χ4v) is 3.75. The van der Waals surface area contributed by atoms with Crippen LogP contribution in [0.25, 0.3) is 11.3 Å². The highest BCUT2D eigenvalue weighted by molar-refractivity contribution is 5.95. The van der Waals surface area contributed by atoms with Crippen molar-refractivity contribution < 1.29 is 18.7 Å². The monoisotopic (exact) mass is 424 g/mol. The van der Waals surface area contributed by atoms with E-state index in [1.807, 2.05) is 11.0 Å². The Labute approximate surface area is 180 Å². The maximum Gasteiger partial charge on any atom is 0.254 e. The van der Waals surface area contributed by atoms with E-state index in [2.05, 4.69) is 15.1 Å². The Morgan fingerprint density at radius 1 is 0.968 bits per heavy atom. The lowest BCUT2D eigenvalue weighted by Crippen LogP contribution is -2.35. The number of amides is 1. The van der Waals surface area contributed by atoms with Gasteiger partial charge in [-0.2, -0.15) is 5.10 Å². The lowest BCUT2D eigenvalue weighted by Gasteiger charge is -2.22. The minimum atomic E-state index is -0.268. The molecule has 0 spiro atoms. The van der Waals surface area contributed by atoms with Crippen molar-refractivity contribution in [2.45, 2.75) is 6.42 Å². The van der Waals surface area contributed by atoms with E-state index in [4.69, 9.17) is 9.47 Å². The molecule has 4 rings (SSSR count). The summed E-state index contributed by atoms with van der Waals surface area (Å²) < 4.78 is 23.7. The van der Waals surface area contributed by atoms with Crippen molar-refractivity contribution in [1.29, 1.82) is 0 Å². The van der Waals surface area contributed by atoms with Gasteiger partial charge in [-0.25, -0.2) is 4.39 Å². The third kappa shape index (κ3) is 4.47. The Kier molecular flexibility index (Phi) is 6.06. The minimum Gasteiger partial charge on any atom is -0.493 e. The van der Waals surface area contributed by atoms with Crippen LogP contribution in [0, 0.1) is 5.82 Å². The summed E-state index contributed by atoms with van der Waals surface area (Å²) in [5.41, 5.74) is 2.28. The Morgan fingerprint density at radius 2 is 1.74 bits per heavy atom. The van der Waals surface area contributed by atoms with E-state index in [1.54, 1.807) is 44.6 Å². The van der Waals surface area contributed by atoms with Crippen LogP contribution in [-0.2, 0) is 0 Å². The number of ether oxygens (including phenoxy) is 2. The van der Waals surface area contributed by atoms with E-state index in [9.17, 15) is 9.18 Å². The summed E-state index contributed by atoms with van der Waals surface area (Å²) in [6.45, 7) is 2.72. The molecule has 0 bridgehead atoms. The third-order valence-corrected chi connectivity index (χ3v) is 5.46. The normalized spacial score (nSPS) is 14.3. The van der Waals surface area contributed by atoms with Crippen molar-refractivity contribution in [2.24, 2.45) is 0 Å². The summed E-state index contributed by atoms with van der Waals surface area (Å²) >= 11 is 0. The second-order valence-corrected chi connectivity index (χ2v) is 7.35. The number of hydrogen-bond donors (Lipinski definition) is 1. The lowest BCUT2D eigenvalue weighted by atomic mass is 10.1. The third-order valence-electron chi connectivity index (χ3n) is 5.46. The molecule has 162 valence electrons. The van der Waals surface area contributed by atoms with Gasteiger partial charge in [-0.15, -0.1) is 0 Å². The molecule has 1 aliphatic rings. The van der Waals surface area contributed by atoms with Gasteiger partial charge in [0.2, 0.25) is 0 Å². The van der Waals surface area contributed by atoms with Gasteiger partial charge in [0, 0.05) is 37.8 Å². The second-order valence-electron chi connectivity index (χ2n) is 7.35. The standard InChI is InChI=1S/C23H25FN4O3/c1-30-20-9-6-17(14-21(20)31-2)23(29)28-11-3-10-27(12-13-28)22-15-19(25-26-22)16-4-7-18(24)8-5-16/h4-9,14-15H,3,10-13H2,1-2H3,(H,25,26). The molecule has 1 aliphatic heterocycles. The summed E-state index contributed by atoms with van der Waals surface area (Å²) in [6, 6.07) is 13.5. The molecule has 8 heteroatoms. The van der Waals surface area contributed by atoms with Crippen molar-refractivity contribution in [2.75, 3.05) is 45.3 Å². The molecule has 7 nitrogen and oxygen atoms in total. The van der Waals surface area contributed by atoms with Crippen LogP contribution in [0.1, 0.15) is 16.8 Å². The average Bonchev–Trinajstić information content (AvgIpc) is 3.16. The number of rotatable bonds is 5. The van der Waals surface area contributed by atoms with Crippen LogP contribution in [0.4, 0.5) is 10.2 Å². The molecule has 0 unspecified atom stereocenters. The molecule has 1 saturated heterocycles. The first kappa shape index (κ1) is 20.7. The van der Waals surface area contributed by atoms with Gasteiger partial charge in [-0.1, -0.05) is 0 Å². The SMILES string of the molecule is COc1ccc(C(=O)N2CCCN(c3cc(-c4ccc(F)cc4)[nH]n3)CC2)cc1OC. The first-order valence-electron chi connectivity index (χ1n) is 10.2. The molecule has 31 heavy (non-hydrogen) atoms. The summed E-state index contributed by atoms with van der Waals surface area (Å²) in [7, 11) is 3.12. The van der Waals surface area contributed by atoms with Crippen LogP contribution in [0.3, 0.4) is 0 Å². The molecule has 0 aliphatic carbocycles. The van der Waals surface area contributed by atoms with Gasteiger partial charge in [-0.3, -0.25) is 9.89 Å². The van der Waals surface area contributed by atoms with Gasteiger partial charge >= 0.3 is 0 Å².